The summed E-state index contributed by atoms with van der Waals surface area (Å²) in [5.41, 5.74) is 4.76. The number of H-pyrrole nitrogens is 1. The molecule has 3 N–H and O–H groups in total. The maximum absolute atomic E-state index is 10.1. The molecule has 0 saturated heterocycles. The quantitative estimate of drug-likeness (QED) is 0.512. The van der Waals surface area contributed by atoms with Crippen molar-refractivity contribution in [1.29, 1.82) is 0 Å². The van der Waals surface area contributed by atoms with Crippen LogP contribution in [0.15, 0.2) is 0 Å². The number of hydrogen-bond acceptors (Lipinski definition) is 5. The molecule has 7 heteroatoms. The zero-order valence-corrected chi connectivity index (χ0v) is 4.94. The maximum atomic E-state index is 10.1. The Bertz CT molecular complexity index is 207. The van der Waals surface area contributed by atoms with Crippen molar-refractivity contribution < 1.29 is 9.53 Å². The first-order chi connectivity index (χ1) is 4.79. The Balaban J connectivity index is 2.35. The summed E-state index contributed by atoms with van der Waals surface area (Å²) in [6.07, 6.45) is 0. The van der Waals surface area contributed by atoms with Gasteiger partial charge in [0.25, 0.3) is 5.91 Å². The molecule has 0 spiro atoms. The average molecular weight is 143 g/mol. The van der Waals surface area contributed by atoms with Crippen LogP contribution in [0, 0.1) is 0 Å². The Morgan fingerprint density at radius 3 is 3.10 bits per heavy atom. The lowest BCUT2D eigenvalue weighted by Crippen LogP contribution is -2.20. The van der Waals surface area contributed by atoms with Gasteiger partial charge in [-0.05, 0) is 10.4 Å². The van der Waals surface area contributed by atoms with E-state index in [0.717, 1.165) is 0 Å². The molecule has 0 radical (unpaired) electrons. The third-order valence-electron chi connectivity index (χ3n) is 0.677. The van der Waals surface area contributed by atoms with Gasteiger partial charge in [0.05, 0.1) is 0 Å². The number of amides is 1. The summed E-state index contributed by atoms with van der Waals surface area (Å²) in [6, 6.07) is 0.0822. The second-order valence-corrected chi connectivity index (χ2v) is 1.46. The molecular weight excluding hydrogens is 138 g/mol. The topological polar surface area (TPSA) is 107 Å². The van der Waals surface area contributed by atoms with Crippen LogP contribution in [0.1, 0.15) is 0 Å². The highest BCUT2D eigenvalue weighted by Gasteiger charge is 1.98. The van der Waals surface area contributed by atoms with Gasteiger partial charge < -0.3 is 10.5 Å². The van der Waals surface area contributed by atoms with Crippen molar-refractivity contribution in [1.82, 2.24) is 20.6 Å². The van der Waals surface area contributed by atoms with E-state index in [4.69, 9.17) is 5.73 Å². The van der Waals surface area contributed by atoms with Gasteiger partial charge in [-0.3, -0.25) is 4.79 Å². The minimum Gasteiger partial charge on any atom is -0.453 e. The lowest BCUT2D eigenvalue weighted by Gasteiger charge is -1.93. The molecule has 1 amide bonds. The molecule has 0 aliphatic carbocycles. The summed E-state index contributed by atoms with van der Waals surface area (Å²) in [5.74, 6) is -0.573. The van der Waals surface area contributed by atoms with Gasteiger partial charge in [-0.25, -0.2) is 5.10 Å². The number of carbonyl (C=O) groups excluding carboxylic acids is 1. The molecular formula is C3H5N5O2. The Labute approximate surface area is 55.5 Å². The van der Waals surface area contributed by atoms with E-state index >= 15 is 0 Å². The van der Waals surface area contributed by atoms with Gasteiger partial charge in [0, 0.05) is 0 Å². The van der Waals surface area contributed by atoms with Crippen molar-refractivity contribution in [3.05, 3.63) is 0 Å². The predicted octanol–water partition coefficient (Wildman–Crippen LogP) is -1.94. The summed E-state index contributed by atoms with van der Waals surface area (Å²) in [4.78, 5) is 10.1. The van der Waals surface area contributed by atoms with Crippen LogP contribution < -0.4 is 10.5 Å². The highest BCUT2D eigenvalue weighted by Crippen LogP contribution is 1.91. The standard InChI is InChI=1S/C3H5N5O2/c4-2(9)1-10-3-5-7-8-6-3/h1H2,(H2,4,9)(H,5,6,7,8). The van der Waals surface area contributed by atoms with E-state index in [1.807, 2.05) is 0 Å². The fourth-order valence-corrected chi connectivity index (χ4v) is 0.351. The molecule has 0 saturated carbocycles. The SMILES string of the molecule is NC(=O)COc1nnn[nH]1. The second-order valence-electron chi connectivity index (χ2n) is 1.46. The number of rotatable bonds is 3. The van der Waals surface area contributed by atoms with Gasteiger partial charge in [-0.15, -0.1) is 0 Å². The molecule has 0 aromatic carbocycles. The third kappa shape index (κ3) is 1.69. The van der Waals surface area contributed by atoms with Crippen LogP contribution in [0.3, 0.4) is 0 Å². The lowest BCUT2D eigenvalue weighted by atomic mass is 10.7. The summed E-state index contributed by atoms with van der Waals surface area (Å²) < 4.78 is 4.64. The molecule has 0 fully saturated rings. The van der Waals surface area contributed by atoms with Crippen molar-refractivity contribution in [2.24, 2.45) is 5.73 Å². The molecule has 0 bridgehead atoms. The fraction of sp³-hybridized carbons (Fsp3) is 0.333. The van der Waals surface area contributed by atoms with Crippen molar-refractivity contribution in [2.45, 2.75) is 0 Å². The van der Waals surface area contributed by atoms with Crippen LogP contribution in [-0.2, 0) is 4.79 Å². The van der Waals surface area contributed by atoms with Gasteiger partial charge in [0.15, 0.2) is 6.61 Å². The van der Waals surface area contributed by atoms with Gasteiger partial charge in [0.2, 0.25) is 0 Å². The smallest absolute Gasteiger partial charge is 0.333 e. The third-order valence-corrected chi connectivity index (χ3v) is 0.677. The van der Waals surface area contributed by atoms with Gasteiger partial charge >= 0.3 is 6.01 Å². The summed E-state index contributed by atoms with van der Waals surface area (Å²) in [5, 5.41) is 12.0. The first-order valence-corrected chi connectivity index (χ1v) is 2.44. The van der Waals surface area contributed by atoms with E-state index in [-0.39, 0.29) is 12.6 Å². The molecule has 10 heavy (non-hydrogen) atoms. The highest BCUT2D eigenvalue weighted by molar-refractivity contribution is 5.75. The van der Waals surface area contributed by atoms with E-state index in [9.17, 15) is 4.79 Å². The van der Waals surface area contributed by atoms with Gasteiger partial charge in [0.1, 0.15) is 0 Å². The van der Waals surface area contributed by atoms with Crippen LogP contribution in [0.4, 0.5) is 0 Å². The van der Waals surface area contributed by atoms with Crippen LogP contribution in [0.25, 0.3) is 0 Å². The number of primary amides is 1. The number of hydrogen-bond donors (Lipinski definition) is 2. The van der Waals surface area contributed by atoms with E-state index in [2.05, 4.69) is 25.4 Å². The van der Waals surface area contributed by atoms with Crippen LogP contribution in [-0.4, -0.2) is 33.1 Å². The first kappa shape index (κ1) is 6.46. The Hall–Kier alpha value is -1.66. The molecule has 0 unspecified atom stereocenters. The van der Waals surface area contributed by atoms with Crippen molar-refractivity contribution >= 4 is 5.91 Å². The van der Waals surface area contributed by atoms with E-state index in [1.165, 1.54) is 0 Å². The molecule has 1 rings (SSSR count). The van der Waals surface area contributed by atoms with Crippen molar-refractivity contribution in [3.8, 4) is 6.01 Å². The number of aromatic amines is 1. The van der Waals surface area contributed by atoms with Gasteiger partial charge in [-0.1, -0.05) is 5.10 Å². The lowest BCUT2D eigenvalue weighted by molar-refractivity contribution is -0.120. The molecule has 1 heterocycles. The number of aromatic nitrogens is 4. The number of ether oxygens (including phenoxy) is 1. The molecule has 1 aromatic rings. The Kier molecular flexibility index (Phi) is 1.78. The fourth-order valence-electron chi connectivity index (χ4n) is 0.351. The molecule has 7 nitrogen and oxygen atoms in total. The number of nitrogens with zero attached hydrogens (tertiary/aromatic N) is 3. The zero-order chi connectivity index (χ0) is 7.40. The Morgan fingerprint density at radius 2 is 2.60 bits per heavy atom. The number of tetrazole rings is 1. The largest absolute Gasteiger partial charge is 0.453 e. The average Bonchev–Trinajstić information content (AvgIpc) is 2.34. The summed E-state index contributed by atoms with van der Waals surface area (Å²) >= 11 is 0. The van der Waals surface area contributed by atoms with E-state index < -0.39 is 5.91 Å². The van der Waals surface area contributed by atoms with Crippen molar-refractivity contribution in [2.75, 3.05) is 6.61 Å². The number of nitrogens with one attached hydrogen (secondary N) is 1. The van der Waals surface area contributed by atoms with Crippen LogP contribution in [0.5, 0.6) is 6.01 Å². The molecule has 1 aromatic heterocycles. The minimum absolute atomic E-state index is 0.0822. The van der Waals surface area contributed by atoms with E-state index in [1.54, 1.807) is 0 Å². The summed E-state index contributed by atoms with van der Waals surface area (Å²) in [6.45, 7) is -0.225. The molecule has 0 aliphatic rings. The monoisotopic (exact) mass is 143 g/mol. The minimum atomic E-state index is -0.573. The normalized spacial score (nSPS) is 9.20. The molecule has 54 valence electrons. The highest BCUT2D eigenvalue weighted by atomic mass is 16.5. The first-order valence-electron chi connectivity index (χ1n) is 2.44. The summed E-state index contributed by atoms with van der Waals surface area (Å²) in [7, 11) is 0. The molecule has 0 atom stereocenters. The van der Waals surface area contributed by atoms with E-state index in [0.29, 0.717) is 0 Å². The molecule has 0 aliphatic heterocycles. The number of nitrogens with two attached hydrogens (primary N) is 1. The zero-order valence-electron chi connectivity index (χ0n) is 4.94. The Morgan fingerprint density at radius 1 is 1.80 bits per heavy atom. The van der Waals surface area contributed by atoms with Crippen LogP contribution in [0.2, 0.25) is 0 Å². The predicted molar refractivity (Wildman–Crippen MR) is 28.9 cm³/mol. The van der Waals surface area contributed by atoms with Crippen molar-refractivity contribution in [3.63, 3.8) is 0 Å². The maximum Gasteiger partial charge on any atom is 0.333 e. The van der Waals surface area contributed by atoms with Gasteiger partial charge in [-0.2, -0.15) is 0 Å². The number of carbonyl (C=O) groups is 1. The van der Waals surface area contributed by atoms with Crippen LogP contribution >= 0.6 is 0 Å². The second kappa shape index (κ2) is 2.76.